The molecule has 0 saturated heterocycles. The van der Waals surface area contributed by atoms with Crippen molar-refractivity contribution in [3.63, 3.8) is 0 Å². The van der Waals surface area contributed by atoms with Crippen LogP contribution in [0.5, 0.6) is 0 Å². The van der Waals surface area contributed by atoms with Gasteiger partial charge in [0, 0.05) is 6.54 Å². The van der Waals surface area contributed by atoms with Gasteiger partial charge >= 0.3 is 0 Å². The van der Waals surface area contributed by atoms with Gasteiger partial charge in [0.05, 0.1) is 0 Å². The van der Waals surface area contributed by atoms with Crippen molar-refractivity contribution in [2.24, 2.45) is 4.99 Å². The molecule has 0 rings (SSSR count). The van der Waals surface area contributed by atoms with E-state index in [1.54, 1.807) is 6.08 Å². The maximum absolute atomic E-state index is 9.94. The van der Waals surface area contributed by atoms with Crippen molar-refractivity contribution in [1.82, 2.24) is 5.32 Å². The first-order valence-corrected chi connectivity index (χ1v) is 3.22. The lowest BCUT2D eigenvalue weighted by molar-refractivity contribution is -0.108. The van der Waals surface area contributed by atoms with Gasteiger partial charge in [-0.05, 0) is 19.9 Å². The topological polar surface area (TPSA) is 41.5 Å². The van der Waals surface area contributed by atoms with Gasteiger partial charge in [-0.2, -0.15) is 0 Å². The number of nitrogens with one attached hydrogen (secondary N) is 1. The Balaban J connectivity index is 3.96. The molecule has 0 aromatic carbocycles. The molecular formula is C7H12N2O. The molecule has 0 saturated carbocycles. The molecule has 10 heavy (non-hydrogen) atoms. The highest BCUT2D eigenvalue weighted by Gasteiger charge is 1.85. The van der Waals surface area contributed by atoms with E-state index in [2.05, 4.69) is 10.3 Å². The zero-order valence-corrected chi connectivity index (χ0v) is 6.29. The highest BCUT2D eigenvalue weighted by Crippen LogP contribution is 1.76. The number of carbonyl (C=O) groups is 1. The Bertz CT molecular complexity index is 150. The maximum atomic E-state index is 9.94. The second kappa shape index (κ2) is 6.01. The van der Waals surface area contributed by atoms with E-state index in [-0.39, 0.29) is 0 Å². The van der Waals surface area contributed by atoms with Crippen LogP contribution in [0.15, 0.2) is 17.1 Å². The third-order valence-corrected chi connectivity index (χ3v) is 0.860. The molecule has 0 aliphatic heterocycles. The summed E-state index contributed by atoms with van der Waals surface area (Å²) in [5.74, 6) is 0.611. The van der Waals surface area contributed by atoms with Gasteiger partial charge in [0.2, 0.25) is 6.41 Å². The molecule has 3 heteroatoms. The molecule has 0 aliphatic carbocycles. The lowest BCUT2D eigenvalue weighted by atomic mass is 10.5. The zero-order valence-electron chi connectivity index (χ0n) is 6.29. The first-order chi connectivity index (χ1) is 4.85. The lowest BCUT2D eigenvalue weighted by Crippen LogP contribution is -2.19. The molecule has 0 aromatic rings. The second-order valence-corrected chi connectivity index (χ2v) is 1.62. The van der Waals surface area contributed by atoms with Crippen molar-refractivity contribution in [3.8, 4) is 0 Å². The summed E-state index contributed by atoms with van der Waals surface area (Å²) in [5.41, 5.74) is 0. The number of aliphatic imine (C=N–C) groups is 1. The van der Waals surface area contributed by atoms with Crippen molar-refractivity contribution in [2.45, 2.75) is 13.8 Å². The van der Waals surface area contributed by atoms with Crippen LogP contribution in [0.3, 0.4) is 0 Å². The molecule has 0 fully saturated rings. The van der Waals surface area contributed by atoms with E-state index < -0.39 is 0 Å². The molecule has 0 atom stereocenters. The van der Waals surface area contributed by atoms with Crippen LogP contribution in [0.1, 0.15) is 13.8 Å². The molecule has 0 aliphatic rings. The van der Waals surface area contributed by atoms with Crippen molar-refractivity contribution < 1.29 is 4.79 Å². The van der Waals surface area contributed by atoms with Gasteiger partial charge in [-0.3, -0.25) is 9.79 Å². The van der Waals surface area contributed by atoms with Crippen molar-refractivity contribution in [2.75, 3.05) is 6.54 Å². The van der Waals surface area contributed by atoms with Crippen molar-refractivity contribution in [3.05, 3.63) is 12.2 Å². The smallest absolute Gasteiger partial charge is 0.212 e. The first kappa shape index (κ1) is 8.88. The lowest BCUT2D eigenvalue weighted by Gasteiger charge is -1.94. The summed E-state index contributed by atoms with van der Waals surface area (Å²) >= 11 is 0. The minimum atomic E-state index is 0.611. The molecule has 0 aromatic heterocycles. The number of hydrogen-bond donors (Lipinski definition) is 1. The fourth-order valence-corrected chi connectivity index (χ4v) is 0.535. The molecule has 0 unspecified atom stereocenters. The van der Waals surface area contributed by atoms with E-state index in [1.165, 1.54) is 0 Å². The average Bonchev–Trinajstić information content (AvgIpc) is 1.90. The largest absolute Gasteiger partial charge is 0.314 e. The monoisotopic (exact) mass is 140 g/mol. The summed E-state index contributed by atoms with van der Waals surface area (Å²) in [4.78, 5) is 13.9. The predicted molar refractivity (Wildman–Crippen MR) is 42.0 cm³/mol. The van der Waals surface area contributed by atoms with E-state index in [9.17, 15) is 4.79 Å². The van der Waals surface area contributed by atoms with E-state index in [4.69, 9.17) is 0 Å². The fourth-order valence-electron chi connectivity index (χ4n) is 0.535. The number of rotatable bonds is 3. The highest BCUT2D eigenvalue weighted by atomic mass is 16.1. The first-order valence-electron chi connectivity index (χ1n) is 3.22. The maximum Gasteiger partial charge on any atom is 0.212 e. The van der Waals surface area contributed by atoms with Crippen LogP contribution in [-0.4, -0.2) is 18.8 Å². The van der Waals surface area contributed by atoms with Gasteiger partial charge < -0.3 is 5.32 Å². The summed E-state index contributed by atoms with van der Waals surface area (Å²) in [7, 11) is 0. The summed E-state index contributed by atoms with van der Waals surface area (Å²) in [6.07, 6.45) is 4.19. The van der Waals surface area contributed by atoms with Gasteiger partial charge in [-0.25, -0.2) is 0 Å². The highest BCUT2D eigenvalue weighted by molar-refractivity contribution is 5.98. The Morgan fingerprint density at radius 3 is 2.80 bits per heavy atom. The molecule has 0 bridgehead atoms. The Labute approximate surface area is 60.8 Å². The van der Waals surface area contributed by atoms with Gasteiger partial charge in [-0.15, -0.1) is 0 Å². The molecular weight excluding hydrogens is 128 g/mol. The standard InChI is InChI=1S/C7H12N2O/c1-3-5-7(8-4-2)9-6-10/h3,5-6H,4H2,1-2H3,(H,8,9,10)/b5-3-. The molecule has 0 radical (unpaired) electrons. The van der Waals surface area contributed by atoms with Gasteiger partial charge in [0.1, 0.15) is 5.84 Å². The third-order valence-electron chi connectivity index (χ3n) is 0.860. The number of nitrogens with zero attached hydrogens (tertiary/aromatic N) is 1. The third kappa shape index (κ3) is 3.83. The van der Waals surface area contributed by atoms with Crippen molar-refractivity contribution >= 4 is 12.2 Å². The van der Waals surface area contributed by atoms with Crippen LogP contribution >= 0.6 is 0 Å². The normalized spacial score (nSPS) is 12.0. The zero-order chi connectivity index (χ0) is 7.82. The van der Waals surface area contributed by atoms with E-state index in [0.717, 1.165) is 0 Å². The quantitative estimate of drug-likeness (QED) is 0.350. The summed E-state index contributed by atoms with van der Waals surface area (Å²) in [6.45, 7) is 4.47. The Morgan fingerprint density at radius 2 is 2.40 bits per heavy atom. The van der Waals surface area contributed by atoms with Crippen LogP contribution in [0, 0.1) is 0 Å². The fraction of sp³-hybridized carbons (Fsp3) is 0.429. The van der Waals surface area contributed by atoms with Crippen molar-refractivity contribution in [1.29, 1.82) is 0 Å². The minimum Gasteiger partial charge on any atom is -0.314 e. The van der Waals surface area contributed by atoms with Crippen LogP contribution in [0.25, 0.3) is 0 Å². The predicted octanol–water partition coefficient (Wildman–Crippen LogP) is 0.727. The molecule has 3 nitrogen and oxygen atoms in total. The van der Waals surface area contributed by atoms with Gasteiger partial charge in [-0.1, -0.05) is 6.08 Å². The Morgan fingerprint density at radius 1 is 1.70 bits per heavy atom. The van der Waals surface area contributed by atoms with E-state index >= 15 is 0 Å². The van der Waals surface area contributed by atoms with E-state index in [0.29, 0.717) is 18.8 Å². The molecule has 0 spiro atoms. The van der Waals surface area contributed by atoms with Gasteiger partial charge in [0.25, 0.3) is 0 Å². The second-order valence-electron chi connectivity index (χ2n) is 1.62. The Hall–Kier alpha value is -1.12. The summed E-state index contributed by atoms with van der Waals surface area (Å²) < 4.78 is 0. The van der Waals surface area contributed by atoms with Crippen LogP contribution in [0.4, 0.5) is 0 Å². The SMILES string of the molecule is C/C=C\C(=NCC)NC=O. The van der Waals surface area contributed by atoms with Crippen LogP contribution < -0.4 is 5.32 Å². The summed E-state index contributed by atoms with van der Waals surface area (Å²) in [5, 5.41) is 2.47. The van der Waals surface area contributed by atoms with E-state index in [1.807, 2.05) is 19.9 Å². The number of amidine groups is 1. The molecule has 1 N–H and O–H groups in total. The molecule has 1 amide bonds. The number of hydrogen-bond acceptors (Lipinski definition) is 2. The minimum absolute atomic E-state index is 0.611. The average molecular weight is 140 g/mol. The number of carbonyl (C=O) groups excluding carboxylic acids is 1. The summed E-state index contributed by atoms with van der Waals surface area (Å²) in [6, 6.07) is 0. The number of amides is 1. The molecule has 0 heterocycles. The van der Waals surface area contributed by atoms with Crippen LogP contribution in [0.2, 0.25) is 0 Å². The number of allylic oxidation sites excluding steroid dienone is 1. The molecule has 56 valence electrons. The van der Waals surface area contributed by atoms with Crippen LogP contribution in [-0.2, 0) is 4.79 Å². The van der Waals surface area contributed by atoms with Gasteiger partial charge in [0.15, 0.2) is 0 Å². The Kier molecular flexibility index (Phi) is 5.33.